The van der Waals surface area contributed by atoms with Crippen LogP contribution in [-0.2, 0) is 14.8 Å². The summed E-state index contributed by atoms with van der Waals surface area (Å²) in [5, 5.41) is 0.0676. The van der Waals surface area contributed by atoms with E-state index in [-0.39, 0.29) is 16.7 Å². The monoisotopic (exact) mass is 642 g/mol. The van der Waals surface area contributed by atoms with Gasteiger partial charge in [-0.05, 0) is 101 Å². The number of carbonyl (C=O) groups excluding carboxylic acids is 1. The van der Waals surface area contributed by atoms with E-state index in [1.807, 2.05) is 19.1 Å². The number of sulfonamides is 1. The largest absolute Gasteiger partial charge is 0.491 e. The van der Waals surface area contributed by atoms with Crippen LogP contribution in [0.1, 0.15) is 83.0 Å². The third kappa shape index (κ3) is 5.32. The quantitative estimate of drug-likeness (QED) is 0.333. The van der Waals surface area contributed by atoms with Crippen molar-refractivity contribution in [3.63, 3.8) is 0 Å². The predicted molar refractivity (Wildman–Crippen MR) is 176 cm³/mol. The fourth-order valence-electron chi connectivity index (χ4n) is 8.47. The van der Waals surface area contributed by atoms with Crippen molar-refractivity contribution in [2.75, 3.05) is 31.7 Å². The second-order valence-electron chi connectivity index (χ2n) is 14.4. The van der Waals surface area contributed by atoms with Gasteiger partial charge in [-0.25, -0.2) is 13.1 Å². The Balaban J connectivity index is 1.44. The number of carbonyl (C=O) groups is 1. The molecule has 0 aromatic heterocycles. The smallest absolute Gasteiger partial charge is 0.264 e. The molecular formula is C35H47ClN2O5S. The van der Waals surface area contributed by atoms with E-state index in [2.05, 4.69) is 47.8 Å². The second kappa shape index (κ2) is 11.5. The van der Waals surface area contributed by atoms with E-state index in [1.165, 1.54) is 5.57 Å². The van der Waals surface area contributed by atoms with Crippen molar-refractivity contribution in [3.05, 3.63) is 58.7 Å². The maximum atomic E-state index is 13.5. The number of nitrogens with zero attached hydrogens (tertiary/aromatic N) is 1. The zero-order valence-corrected chi connectivity index (χ0v) is 28.3. The van der Waals surface area contributed by atoms with E-state index < -0.39 is 26.8 Å². The molecule has 9 heteroatoms. The Morgan fingerprint density at radius 1 is 1.18 bits per heavy atom. The van der Waals surface area contributed by atoms with Crippen LogP contribution in [0.5, 0.6) is 5.75 Å². The van der Waals surface area contributed by atoms with E-state index in [0.29, 0.717) is 30.4 Å². The first kappa shape index (κ1) is 31.7. The van der Waals surface area contributed by atoms with Gasteiger partial charge in [0.15, 0.2) is 0 Å². The molecule has 1 unspecified atom stereocenters. The van der Waals surface area contributed by atoms with Crippen LogP contribution < -0.4 is 14.4 Å². The van der Waals surface area contributed by atoms with Crippen molar-refractivity contribution >= 4 is 33.2 Å². The lowest BCUT2D eigenvalue weighted by molar-refractivity contribution is -0.0630. The number of hydrogen-bond acceptors (Lipinski definition) is 6. The van der Waals surface area contributed by atoms with E-state index >= 15 is 0 Å². The molecule has 1 spiro atoms. The Morgan fingerprint density at radius 3 is 2.70 bits per heavy atom. The van der Waals surface area contributed by atoms with E-state index in [4.69, 9.17) is 21.1 Å². The Bertz CT molecular complexity index is 1520. The highest BCUT2D eigenvalue weighted by Crippen LogP contribution is 2.60. The van der Waals surface area contributed by atoms with Gasteiger partial charge in [-0.15, -0.1) is 0 Å². The summed E-state index contributed by atoms with van der Waals surface area (Å²) in [6, 6.07) is 5.37. The Hall–Kier alpha value is -2.29. The summed E-state index contributed by atoms with van der Waals surface area (Å²) in [5.74, 6) is 0.650. The fourth-order valence-corrected chi connectivity index (χ4v) is 9.96. The summed E-state index contributed by atoms with van der Waals surface area (Å²) in [4.78, 5) is 15.9. The van der Waals surface area contributed by atoms with Crippen molar-refractivity contribution in [1.82, 2.24) is 4.72 Å². The normalized spacial score (nSPS) is 39.3. The number of ether oxygens (including phenoxy) is 2. The highest BCUT2D eigenvalue weighted by Gasteiger charge is 2.55. The zero-order valence-electron chi connectivity index (χ0n) is 26.7. The van der Waals surface area contributed by atoms with Crippen LogP contribution in [0.25, 0.3) is 0 Å². The number of fused-ring (bicyclic) bond motifs is 4. The third-order valence-corrected chi connectivity index (χ3v) is 14.3. The molecule has 3 aliphatic carbocycles. The zero-order chi connectivity index (χ0) is 31.5. The molecule has 2 fully saturated rings. The predicted octanol–water partition coefficient (Wildman–Crippen LogP) is 6.99. The maximum Gasteiger partial charge on any atom is 0.264 e. The van der Waals surface area contributed by atoms with Gasteiger partial charge in [0.1, 0.15) is 5.75 Å². The van der Waals surface area contributed by atoms with Crippen LogP contribution >= 0.6 is 11.6 Å². The van der Waals surface area contributed by atoms with Gasteiger partial charge in [0.25, 0.3) is 5.91 Å². The van der Waals surface area contributed by atoms with E-state index in [0.717, 1.165) is 68.1 Å². The summed E-state index contributed by atoms with van der Waals surface area (Å²) in [6.45, 7) is 10.3. The number of halogens is 1. The maximum absolute atomic E-state index is 13.5. The van der Waals surface area contributed by atoms with E-state index in [1.54, 1.807) is 20.1 Å². The lowest BCUT2D eigenvalue weighted by atomic mass is 9.52. The minimum absolute atomic E-state index is 0.106. The number of allylic oxidation sites excluding steroid dienone is 5. The lowest BCUT2D eigenvalue weighted by Gasteiger charge is -2.55. The van der Waals surface area contributed by atoms with E-state index in [9.17, 15) is 13.2 Å². The van der Waals surface area contributed by atoms with Gasteiger partial charge in [0.05, 0.1) is 23.1 Å². The Kier molecular flexibility index (Phi) is 8.28. The van der Waals surface area contributed by atoms with Crippen LogP contribution in [0.3, 0.4) is 0 Å². The summed E-state index contributed by atoms with van der Waals surface area (Å²) in [5.41, 5.74) is 1.84. The molecule has 2 saturated carbocycles. The average Bonchev–Trinajstić information content (AvgIpc) is 3.12. The summed E-state index contributed by atoms with van der Waals surface area (Å²) in [6.07, 6.45) is 15.3. The molecule has 6 rings (SSSR count). The number of anilines is 1. The van der Waals surface area contributed by atoms with Crippen molar-refractivity contribution in [2.24, 2.45) is 28.6 Å². The number of amides is 1. The van der Waals surface area contributed by atoms with Crippen molar-refractivity contribution in [3.8, 4) is 5.75 Å². The summed E-state index contributed by atoms with van der Waals surface area (Å²) in [7, 11) is -2.12. The minimum atomic E-state index is -3.90. The van der Waals surface area contributed by atoms with Crippen LogP contribution in [0.15, 0.2) is 53.1 Å². The number of nitrogens with one attached hydrogen (secondary N) is 1. The molecule has 2 bridgehead atoms. The van der Waals surface area contributed by atoms with Gasteiger partial charge in [-0.2, -0.15) is 0 Å². The molecule has 7 nitrogen and oxygen atoms in total. The van der Waals surface area contributed by atoms with Gasteiger partial charge >= 0.3 is 0 Å². The number of benzene rings is 1. The summed E-state index contributed by atoms with van der Waals surface area (Å²) < 4.78 is 41.9. The molecule has 2 aliphatic heterocycles. The Labute approximate surface area is 268 Å². The third-order valence-electron chi connectivity index (χ3n) is 12.1. The SMILES string of the molecule is CO[C@@]1(C)/C=C/C[C@H](C)[C@@H](C)S(=O)(=O)NC(=O)c2ccc3c(c2)N(C[C@@H]2CC[C@H]21)C[C@@]1(CCCC2=CC(Cl)=CCC21C)CO3. The fraction of sp³-hybridized carbons (Fsp3) is 0.629. The average molecular weight is 643 g/mol. The number of methoxy groups -OCH3 is 1. The molecule has 1 N–H and O–H groups in total. The van der Waals surface area contributed by atoms with Gasteiger partial charge in [0.2, 0.25) is 10.0 Å². The van der Waals surface area contributed by atoms with Crippen molar-refractivity contribution < 1.29 is 22.7 Å². The van der Waals surface area contributed by atoms with Crippen LogP contribution in [-0.4, -0.2) is 52.0 Å². The number of hydrogen-bond donors (Lipinski definition) is 1. The van der Waals surface area contributed by atoms with Gasteiger partial charge in [-0.3, -0.25) is 4.79 Å². The van der Waals surface area contributed by atoms with Gasteiger partial charge in [-0.1, -0.05) is 49.2 Å². The molecule has 5 aliphatic rings. The minimum Gasteiger partial charge on any atom is -0.491 e. The van der Waals surface area contributed by atoms with Crippen molar-refractivity contribution in [2.45, 2.75) is 83.5 Å². The molecular weight excluding hydrogens is 596 g/mol. The first-order valence-corrected chi connectivity index (χ1v) is 18.1. The lowest BCUT2D eigenvalue weighted by Crippen LogP contribution is -2.56. The first-order valence-electron chi connectivity index (χ1n) is 16.2. The summed E-state index contributed by atoms with van der Waals surface area (Å²) >= 11 is 6.52. The molecule has 7 atom stereocenters. The number of rotatable bonds is 1. The highest BCUT2D eigenvalue weighted by atomic mass is 35.5. The van der Waals surface area contributed by atoms with Crippen molar-refractivity contribution in [1.29, 1.82) is 0 Å². The second-order valence-corrected chi connectivity index (χ2v) is 16.9. The molecule has 1 aromatic rings. The van der Waals surface area contributed by atoms with Gasteiger partial charge < -0.3 is 14.4 Å². The highest BCUT2D eigenvalue weighted by molar-refractivity contribution is 7.90. The molecule has 0 saturated heterocycles. The topological polar surface area (TPSA) is 84.9 Å². The molecule has 240 valence electrons. The first-order chi connectivity index (χ1) is 20.8. The molecule has 0 radical (unpaired) electrons. The van der Waals surface area contributed by atoms with Crippen LogP contribution in [0.4, 0.5) is 5.69 Å². The van der Waals surface area contributed by atoms with Crippen LogP contribution in [0, 0.1) is 28.6 Å². The molecule has 2 heterocycles. The standard InChI is InChI=1S/C35H47ClN2O5S/c1-23-8-6-15-34(4,42-5)29-12-10-26(29)20-38-21-35(16-7-9-27-19-28(36)14-17-33(27,35)3)22-43-31-13-11-25(18-30(31)38)32(39)37-44(40,41)24(23)2/h6,11,13-15,18-19,23-24,26,29H,7-10,12,16-17,20-22H2,1-5H3,(H,37,39)/b15-6+/t23-,24+,26-,29+,33?,34-,35-/m0/s1. The molecule has 44 heavy (non-hydrogen) atoms. The van der Waals surface area contributed by atoms with Crippen LogP contribution in [0.2, 0.25) is 0 Å². The molecule has 1 aromatic carbocycles. The van der Waals surface area contributed by atoms with Gasteiger partial charge in [0, 0.05) is 41.6 Å². The molecule has 1 amide bonds. The Morgan fingerprint density at radius 2 is 1.98 bits per heavy atom.